The zero-order chi connectivity index (χ0) is 23.1. The number of aliphatic hydroxyl groups excluding tert-OH is 1. The highest BCUT2D eigenvalue weighted by Gasteiger charge is 2.14. The van der Waals surface area contributed by atoms with Crippen molar-refractivity contribution in [2.24, 2.45) is 5.92 Å². The third-order valence-electron chi connectivity index (χ3n) is 5.27. The topological polar surface area (TPSA) is 65.0 Å². The van der Waals surface area contributed by atoms with Gasteiger partial charge in [0.25, 0.3) is 0 Å². The highest BCUT2D eigenvalue weighted by molar-refractivity contribution is 5.86. The Morgan fingerprint density at radius 3 is 2.42 bits per heavy atom. The van der Waals surface area contributed by atoms with Crippen molar-refractivity contribution in [3.05, 3.63) is 54.5 Å². The lowest BCUT2D eigenvalue weighted by Crippen LogP contribution is -2.16. The zero-order valence-corrected chi connectivity index (χ0v) is 19.6. The van der Waals surface area contributed by atoms with E-state index < -0.39 is 5.97 Å². The molecule has 0 aliphatic heterocycles. The highest BCUT2D eigenvalue weighted by Crippen LogP contribution is 2.21. The van der Waals surface area contributed by atoms with Gasteiger partial charge in [-0.05, 0) is 50.3 Å². The van der Waals surface area contributed by atoms with Crippen LogP contribution in [0.5, 0.6) is 5.75 Å². The number of hydrogen-bond acceptors (Lipinski definition) is 5. The van der Waals surface area contributed by atoms with Crippen LogP contribution in [0, 0.1) is 5.92 Å². The van der Waals surface area contributed by atoms with E-state index in [4.69, 9.17) is 14.2 Å². The van der Waals surface area contributed by atoms with Gasteiger partial charge in [-0.25, -0.2) is 4.79 Å². The predicted octanol–water partition coefficient (Wildman–Crippen LogP) is 6.13. The van der Waals surface area contributed by atoms with Crippen LogP contribution in [-0.4, -0.2) is 30.4 Å². The van der Waals surface area contributed by atoms with Crippen LogP contribution in [0.3, 0.4) is 0 Å². The van der Waals surface area contributed by atoms with Crippen molar-refractivity contribution in [2.45, 2.75) is 78.2 Å². The number of esters is 1. The number of ether oxygens (including phenoxy) is 3. The minimum absolute atomic E-state index is 0.102. The minimum atomic E-state index is -0.455. The molecule has 1 N–H and O–H groups in total. The van der Waals surface area contributed by atoms with Gasteiger partial charge >= 0.3 is 5.97 Å². The first-order chi connectivity index (χ1) is 14.9. The molecule has 0 amide bonds. The first kappa shape index (κ1) is 26.8. The summed E-state index contributed by atoms with van der Waals surface area (Å²) in [5.41, 5.74) is 1.21. The first-order valence-corrected chi connectivity index (χ1v) is 11.4. The van der Waals surface area contributed by atoms with Crippen molar-refractivity contribution < 1.29 is 24.1 Å². The van der Waals surface area contributed by atoms with Gasteiger partial charge in [0.05, 0.1) is 12.7 Å². The van der Waals surface area contributed by atoms with E-state index in [-0.39, 0.29) is 25.2 Å². The van der Waals surface area contributed by atoms with E-state index in [0.717, 1.165) is 17.9 Å². The lowest BCUT2D eigenvalue weighted by Gasteiger charge is -2.16. The largest absolute Gasteiger partial charge is 0.495 e. The normalized spacial score (nSPS) is 14.1. The molecular weight excluding hydrogens is 392 g/mol. The number of aliphatic hydroxyl groups is 1. The molecule has 0 heterocycles. The Bertz CT molecular complexity index is 665. The molecule has 0 spiro atoms. The van der Waals surface area contributed by atoms with Crippen LogP contribution in [0.1, 0.15) is 77.7 Å². The van der Waals surface area contributed by atoms with Crippen LogP contribution in [0.4, 0.5) is 0 Å². The van der Waals surface area contributed by atoms with Gasteiger partial charge in [0.2, 0.25) is 0 Å². The summed E-state index contributed by atoms with van der Waals surface area (Å²) >= 11 is 0. The minimum Gasteiger partial charge on any atom is -0.495 e. The maximum absolute atomic E-state index is 11.5. The molecule has 5 nitrogen and oxygen atoms in total. The number of hydrogen-bond donors (Lipinski definition) is 1. The number of carbonyl (C=O) groups is 1. The van der Waals surface area contributed by atoms with Crippen molar-refractivity contribution in [3.63, 3.8) is 0 Å². The summed E-state index contributed by atoms with van der Waals surface area (Å²) in [5.74, 6) is 0.657. The molecule has 0 fully saturated rings. The number of carbonyl (C=O) groups excluding carboxylic acids is 1. The molecule has 0 aliphatic rings. The van der Waals surface area contributed by atoms with Crippen LogP contribution in [0.2, 0.25) is 0 Å². The summed E-state index contributed by atoms with van der Waals surface area (Å²) in [4.78, 5) is 11.5. The van der Waals surface area contributed by atoms with Gasteiger partial charge in [-0.3, -0.25) is 0 Å². The van der Waals surface area contributed by atoms with Gasteiger partial charge in [0, 0.05) is 11.5 Å². The quantitative estimate of drug-likeness (QED) is 0.147. The molecule has 1 aromatic rings. The van der Waals surface area contributed by atoms with Crippen molar-refractivity contribution in [1.29, 1.82) is 0 Å². The Hall–Kier alpha value is -2.27. The average Bonchev–Trinajstić information content (AvgIpc) is 2.76. The third kappa shape index (κ3) is 11.6. The van der Waals surface area contributed by atoms with E-state index in [1.54, 1.807) is 13.2 Å². The molecule has 3 atom stereocenters. The summed E-state index contributed by atoms with van der Waals surface area (Å²) in [5, 5.41) is 9.58. The summed E-state index contributed by atoms with van der Waals surface area (Å²) in [6.45, 7) is 11.8. The number of benzene rings is 1. The fraction of sp³-hybridized carbons (Fsp3) is 0.577. The maximum atomic E-state index is 11.5. The Kier molecular flexibility index (Phi) is 13.4. The maximum Gasteiger partial charge on any atom is 0.333 e. The molecular formula is C26H40O5. The van der Waals surface area contributed by atoms with Gasteiger partial charge < -0.3 is 19.3 Å². The number of unbranched alkanes of at least 4 members (excludes halogenated alkanes) is 2. The second-order valence-electron chi connectivity index (χ2n) is 8.34. The Morgan fingerprint density at radius 2 is 1.81 bits per heavy atom. The van der Waals surface area contributed by atoms with Gasteiger partial charge in [-0.2, -0.15) is 0 Å². The smallest absolute Gasteiger partial charge is 0.333 e. The lowest BCUT2D eigenvalue weighted by molar-refractivity contribution is -0.139. The zero-order valence-electron chi connectivity index (χ0n) is 19.6. The molecule has 1 aromatic carbocycles. The Labute approximate surface area is 188 Å². The van der Waals surface area contributed by atoms with Gasteiger partial charge in [0.15, 0.2) is 0 Å². The van der Waals surface area contributed by atoms with E-state index in [1.165, 1.54) is 38.4 Å². The third-order valence-corrected chi connectivity index (χ3v) is 5.27. The van der Waals surface area contributed by atoms with E-state index in [0.29, 0.717) is 11.3 Å². The molecule has 174 valence electrons. The summed E-state index contributed by atoms with van der Waals surface area (Å²) in [6, 6.07) is 7.32. The van der Waals surface area contributed by atoms with Gasteiger partial charge in [-0.15, -0.1) is 0 Å². The molecule has 31 heavy (non-hydrogen) atoms. The van der Waals surface area contributed by atoms with Crippen LogP contribution >= 0.6 is 0 Å². The Morgan fingerprint density at radius 1 is 1.10 bits per heavy atom. The van der Waals surface area contributed by atoms with Crippen molar-refractivity contribution in [1.82, 2.24) is 0 Å². The molecule has 0 radical (unpaired) electrons. The van der Waals surface area contributed by atoms with Crippen molar-refractivity contribution in [3.8, 4) is 5.75 Å². The molecule has 5 heteroatoms. The highest BCUT2D eigenvalue weighted by atomic mass is 16.5. The fourth-order valence-corrected chi connectivity index (χ4v) is 3.12. The molecule has 3 unspecified atom stereocenters. The van der Waals surface area contributed by atoms with E-state index >= 15 is 0 Å². The van der Waals surface area contributed by atoms with Crippen molar-refractivity contribution in [2.75, 3.05) is 13.2 Å². The molecule has 0 aliphatic carbocycles. The second-order valence-corrected chi connectivity index (χ2v) is 8.34. The van der Waals surface area contributed by atoms with E-state index in [1.807, 2.05) is 24.3 Å². The molecule has 0 saturated carbocycles. The monoisotopic (exact) mass is 432 g/mol. The van der Waals surface area contributed by atoms with Crippen LogP contribution in [0.15, 0.2) is 48.9 Å². The van der Waals surface area contributed by atoms with Crippen LogP contribution < -0.4 is 4.74 Å². The molecule has 0 bridgehead atoms. The molecule has 0 aromatic heterocycles. The summed E-state index contributed by atoms with van der Waals surface area (Å²) in [6.07, 6.45) is 10.7. The predicted molar refractivity (Wildman–Crippen MR) is 125 cm³/mol. The van der Waals surface area contributed by atoms with Gasteiger partial charge in [0.1, 0.15) is 24.9 Å². The first-order valence-electron chi connectivity index (χ1n) is 11.4. The van der Waals surface area contributed by atoms with Crippen LogP contribution in [0.25, 0.3) is 0 Å². The average molecular weight is 433 g/mol. The molecule has 0 saturated heterocycles. The molecule has 1 rings (SSSR count). The Balaban J connectivity index is 2.36. The second kappa shape index (κ2) is 15.5. The fourth-order valence-electron chi connectivity index (χ4n) is 3.12. The van der Waals surface area contributed by atoms with E-state index in [9.17, 15) is 9.90 Å². The summed E-state index contributed by atoms with van der Waals surface area (Å²) in [7, 11) is 0. The standard InChI is InChI=1S/C26H40O5/c1-6-7-8-9-21(4)10-11-22(5)29-16-17-30-25-14-12-23(13-15-25)24(18-27)19-31-26(28)20(2)3/h12-17,21-22,24,27H,2,6-11,18-19H2,1,3-5H3/b17-16-. The number of rotatable bonds is 16. The summed E-state index contributed by atoms with van der Waals surface area (Å²) < 4.78 is 16.4. The van der Waals surface area contributed by atoms with E-state index in [2.05, 4.69) is 27.4 Å². The SMILES string of the molecule is C=C(C)C(=O)OCC(CO)c1ccc(O/C=C\OC(C)CCC(C)CCCCC)cc1. The van der Waals surface area contributed by atoms with Crippen LogP contribution in [-0.2, 0) is 14.3 Å². The lowest BCUT2D eigenvalue weighted by atomic mass is 9.97. The van der Waals surface area contributed by atoms with Gasteiger partial charge in [-0.1, -0.05) is 58.2 Å². The van der Waals surface area contributed by atoms with Crippen molar-refractivity contribution >= 4 is 5.97 Å².